The van der Waals surface area contributed by atoms with Gasteiger partial charge in [0.05, 0.1) is 0 Å². The molecular weight excluding hydrogens is 264 g/mol. The van der Waals surface area contributed by atoms with Gasteiger partial charge in [0.2, 0.25) is 0 Å². The zero-order valence-corrected chi connectivity index (χ0v) is 10.8. The molecular formula is C13H16F4O2. The Labute approximate surface area is 109 Å². The van der Waals surface area contributed by atoms with Gasteiger partial charge < -0.3 is 5.11 Å². The normalized spacial score (nSPS) is 9.79. The van der Waals surface area contributed by atoms with Crippen molar-refractivity contribution < 1.29 is 27.5 Å². The molecule has 0 saturated heterocycles. The average Bonchev–Trinajstić information content (AvgIpc) is 2.30. The van der Waals surface area contributed by atoms with Gasteiger partial charge >= 0.3 is 0 Å². The van der Waals surface area contributed by atoms with Crippen LogP contribution in [0.4, 0.5) is 17.6 Å². The Balaban J connectivity index is 0.000000711. The van der Waals surface area contributed by atoms with Crippen molar-refractivity contribution in [3.8, 4) is 0 Å². The van der Waals surface area contributed by atoms with Crippen LogP contribution >= 0.6 is 0 Å². The highest BCUT2D eigenvalue weighted by atomic mass is 19.2. The fraction of sp³-hybridized carbons (Fsp3) is 0.462. The van der Waals surface area contributed by atoms with Crippen LogP contribution in [0.3, 0.4) is 0 Å². The van der Waals surface area contributed by atoms with Gasteiger partial charge in [0, 0.05) is 18.6 Å². The Kier molecular flexibility index (Phi) is 7.79. The molecule has 0 heterocycles. The minimum atomic E-state index is -1.59. The van der Waals surface area contributed by atoms with Gasteiger partial charge in [-0.15, -0.1) is 0 Å². The topological polar surface area (TPSA) is 37.3 Å². The molecule has 1 rings (SSSR count). The lowest BCUT2D eigenvalue weighted by Crippen LogP contribution is -2.02. The maximum Gasteiger partial charge on any atom is 0.300 e. The Morgan fingerprint density at radius 3 is 2.11 bits per heavy atom. The van der Waals surface area contributed by atoms with E-state index in [4.69, 9.17) is 9.90 Å². The van der Waals surface area contributed by atoms with E-state index in [2.05, 4.69) is 0 Å². The molecule has 1 aromatic rings. The summed E-state index contributed by atoms with van der Waals surface area (Å²) in [4.78, 5) is 9.00. The lowest BCUT2D eigenvalue weighted by Gasteiger charge is -2.05. The van der Waals surface area contributed by atoms with Gasteiger partial charge in [-0.2, -0.15) is 0 Å². The quantitative estimate of drug-likeness (QED) is 0.391. The summed E-state index contributed by atoms with van der Waals surface area (Å²) < 4.78 is 51.5. The highest BCUT2D eigenvalue weighted by Crippen LogP contribution is 2.20. The zero-order chi connectivity index (χ0) is 15.0. The predicted molar refractivity (Wildman–Crippen MR) is 62.8 cm³/mol. The zero-order valence-electron chi connectivity index (χ0n) is 10.8. The third kappa shape index (κ3) is 6.22. The van der Waals surface area contributed by atoms with Gasteiger partial charge in [0.1, 0.15) is 5.82 Å². The van der Waals surface area contributed by atoms with Crippen molar-refractivity contribution in [2.24, 2.45) is 0 Å². The molecule has 1 N–H and O–H groups in total. The van der Waals surface area contributed by atoms with E-state index in [0.29, 0.717) is 12.5 Å². The molecule has 0 amide bonds. The van der Waals surface area contributed by atoms with Crippen LogP contribution in [-0.2, 0) is 11.2 Å². The van der Waals surface area contributed by atoms with Crippen molar-refractivity contribution in [1.29, 1.82) is 0 Å². The molecule has 0 spiro atoms. The monoisotopic (exact) mass is 280 g/mol. The standard InChI is InChI=1S/C11H12F4.C2H4O2/c1-2-3-4-5-7-8(12)6-9(13)11(15)10(7)14;1-2(3)4/h6H,2-5H2,1H3;1H3,(H,3,4). The Hall–Kier alpha value is -1.59. The Bertz CT molecular complexity index is 429. The summed E-state index contributed by atoms with van der Waals surface area (Å²) in [6.45, 7) is 3.03. The number of carboxylic acids is 1. The molecule has 2 nitrogen and oxygen atoms in total. The minimum Gasteiger partial charge on any atom is -0.481 e. The molecule has 0 unspecified atom stereocenters. The number of benzene rings is 1. The van der Waals surface area contributed by atoms with Gasteiger partial charge in [-0.25, -0.2) is 17.6 Å². The van der Waals surface area contributed by atoms with Crippen molar-refractivity contribution in [3.63, 3.8) is 0 Å². The van der Waals surface area contributed by atoms with Gasteiger partial charge in [-0.1, -0.05) is 19.8 Å². The molecule has 0 atom stereocenters. The van der Waals surface area contributed by atoms with Crippen molar-refractivity contribution in [2.75, 3.05) is 0 Å². The van der Waals surface area contributed by atoms with Crippen molar-refractivity contribution in [2.45, 2.75) is 39.5 Å². The summed E-state index contributed by atoms with van der Waals surface area (Å²) in [6.07, 6.45) is 2.36. The lowest BCUT2D eigenvalue weighted by molar-refractivity contribution is -0.134. The first-order valence-corrected chi connectivity index (χ1v) is 5.82. The van der Waals surface area contributed by atoms with E-state index in [-0.39, 0.29) is 12.0 Å². The van der Waals surface area contributed by atoms with Crippen LogP contribution in [0.1, 0.15) is 38.7 Å². The lowest BCUT2D eigenvalue weighted by atomic mass is 10.1. The van der Waals surface area contributed by atoms with Crippen LogP contribution in [0, 0.1) is 23.3 Å². The van der Waals surface area contributed by atoms with Crippen LogP contribution in [0.5, 0.6) is 0 Å². The smallest absolute Gasteiger partial charge is 0.300 e. The van der Waals surface area contributed by atoms with Gasteiger partial charge in [-0.3, -0.25) is 4.79 Å². The van der Waals surface area contributed by atoms with Crippen LogP contribution in [0.15, 0.2) is 6.07 Å². The summed E-state index contributed by atoms with van der Waals surface area (Å²) in [6, 6.07) is 0.389. The van der Waals surface area contributed by atoms with Crippen molar-refractivity contribution >= 4 is 5.97 Å². The number of hydrogen-bond acceptors (Lipinski definition) is 1. The third-order valence-electron chi connectivity index (χ3n) is 2.24. The van der Waals surface area contributed by atoms with Crippen LogP contribution in [0.25, 0.3) is 0 Å². The Morgan fingerprint density at radius 2 is 1.63 bits per heavy atom. The minimum absolute atomic E-state index is 0.0999. The molecule has 108 valence electrons. The van der Waals surface area contributed by atoms with E-state index in [1.807, 2.05) is 6.92 Å². The number of rotatable bonds is 4. The van der Waals surface area contributed by atoms with Crippen LogP contribution in [-0.4, -0.2) is 11.1 Å². The molecule has 0 radical (unpaired) electrons. The fourth-order valence-electron chi connectivity index (χ4n) is 1.38. The molecule has 0 aliphatic carbocycles. The van der Waals surface area contributed by atoms with Crippen LogP contribution < -0.4 is 0 Å². The van der Waals surface area contributed by atoms with E-state index >= 15 is 0 Å². The maximum atomic E-state index is 13.1. The first kappa shape index (κ1) is 17.4. The van der Waals surface area contributed by atoms with E-state index in [0.717, 1.165) is 19.8 Å². The number of hydrogen-bond donors (Lipinski definition) is 1. The predicted octanol–water partition coefficient (Wildman–Crippen LogP) is 4.07. The van der Waals surface area contributed by atoms with Gasteiger partial charge in [0.15, 0.2) is 17.5 Å². The molecule has 0 aromatic heterocycles. The number of aliphatic carboxylic acids is 1. The van der Waals surface area contributed by atoms with Crippen LogP contribution in [0.2, 0.25) is 0 Å². The second-order valence-electron chi connectivity index (χ2n) is 3.92. The third-order valence-corrected chi connectivity index (χ3v) is 2.24. The van der Waals surface area contributed by atoms with E-state index in [9.17, 15) is 17.6 Å². The largest absolute Gasteiger partial charge is 0.481 e. The second-order valence-corrected chi connectivity index (χ2v) is 3.92. The molecule has 19 heavy (non-hydrogen) atoms. The SMILES string of the molecule is CC(=O)O.CCCCCc1c(F)cc(F)c(F)c1F. The Morgan fingerprint density at radius 1 is 1.11 bits per heavy atom. The highest BCUT2D eigenvalue weighted by molar-refractivity contribution is 5.62. The average molecular weight is 280 g/mol. The van der Waals surface area contributed by atoms with E-state index < -0.39 is 29.2 Å². The number of carbonyl (C=O) groups is 1. The van der Waals surface area contributed by atoms with E-state index in [1.54, 1.807) is 0 Å². The summed E-state index contributed by atoms with van der Waals surface area (Å²) >= 11 is 0. The van der Waals surface area contributed by atoms with Crippen molar-refractivity contribution in [1.82, 2.24) is 0 Å². The first-order chi connectivity index (χ1) is 8.81. The number of halogens is 4. The molecule has 0 saturated carbocycles. The summed E-state index contributed by atoms with van der Waals surface area (Å²) in [7, 11) is 0. The van der Waals surface area contributed by atoms with E-state index in [1.165, 1.54) is 0 Å². The second kappa shape index (κ2) is 8.50. The summed E-state index contributed by atoms with van der Waals surface area (Å²) in [5.74, 6) is -6.32. The highest BCUT2D eigenvalue weighted by Gasteiger charge is 2.18. The molecule has 0 aliphatic rings. The molecule has 0 aliphatic heterocycles. The number of unbranched alkanes of at least 4 members (excludes halogenated alkanes) is 2. The maximum absolute atomic E-state index is 13.1. The van der Waals surface area contributed by atoms with Crippen molar-refractivity contribution in [3.05, 3.63) is 34.9 Å². The molecule has 1 aromatic carbocycles. The molecule has 0 fully saturated rings. The molecule has 0 bridgehead atoms. The summed E-state index contributed by atoms with van der Waals surface area (Å²) in [5.41, 5.74) is -0.359. The molecule has 6 heteroatoms. The van der Waals surface area contributed by atoms with Gasteiger partial charge in [0.25, 0.3) is 5.97 Å². The first-order valence-electron chi connectivity index (χ1n) is 5.82. The fourth-order valence-corrected chi connectivity index (χ4v) is 1.38. The summed E-state index contributed by atoms with van der Waals surface area (Å²) in [5, 5.41) is 7.42. The number of carboxylic acid groups (broad SMARTS) is 1. The van der Waals surface area contributed by atoms with Gasteiger partial charge in [-0.05, 0) is 12.8 Å².